The summed E-state index contributed by atoms with van der Waals surface area (Å²) >= 11 is 0. The number of anilines is 1. The smallest absolute Gasteiger partial charge is 0.303 e. The van der Waals surface area contributed by atoms with Gasteiger partial charge in [0.1, 0.15) is 5.82 Å². The van der Waals surface area contributed by atoms with Gasteiger partial charge in [-0.2, -0.15) is 0 Å². The molecule has 7 heteroatoms. The Bertz CT molecular complexity index is 405. The van der Waals surface area contributed by atoms with Crippen LogP contribution >= 0.6 is 0 Å². The number of rotatable bonds is 6. The molecule has 1 unspecified atom stereocenters. The Morgan fingerprint density at radius 1 is 1.47 bits per heavy atom. The Balaban J connectivity index is 2.47. The zero-order chi connectivity index (χ0) is 12.8. The first kappa shape index (κ1) is 12.9. The Hall–Kier alpha value is -2.18. The van der Waals surface area contributed by atoms with Gasteiger partial charge in [0.25, 0.3) is 5.91 Å². The molecule has 17 heavy (non-hydrogen) atoms. The summed E-state index contributed by atoms with van der Waals surface area (Å²) in [4.78, 5) is 21.2. The molecule has 7 nitrogen and oxygen atoms in total. The minimum atomic E-state index is -0.838. The van der Waals surface area contributed by atoms with Crippen molar-refractivity contribution >= 4 is 17.7 Å². The van der Waals surface area contributed by atoms with E-state index in [4.69, 9.17) is 10.8 Å². The standard InChI is InChI=1S/C10H14N4O3/c1-6(4-9(15)16)5-12-8-3-2-7(10(11)17)13-14-8/h2-3,6H,4-5H2,1H3,(H2,11,17)(H,12,14)(H,15,16). The summed E-state index contributed by atoms with van der Waals surface area (Å²) in [7, 11) is 0. The molecule has 0 aliphatic rings. The van der Waals surface area contributed by atoms with Gasteiger partial charge in [-0.25, -0.2) is 0 Å². The summed E-state index contributed by atoms with van der Waals surface area (Å²) < 4.78 is 0. The van der Waals surface area contributed by atoms with Crippen LogP contribution in [0.5, 0.6) is 0 Å². The van der Waals surface area contributed by atoms with E-state index in [1.807, 2.05) is 6.92 Å². The normalized spacial score (nSPS) is 11.8. The lowest BCUT2D eigenvalue weighted by Gasteiger charge is -2.10. The van der Waals surface area contributed by atoms with Crippen LogP contribution in [0.15, 0.2) is 12.1 Å². The highest BCUT2D eigenvalue weighted by atomic mass is 16.4. The van der Waals surface area contributed by atoms with Crippen molar-refractivity contribution in [3.05, 3.63) is 17.8 Å². The molecular formula is C10H14N4O3. The molecular weight excluding hydrogens is 224 g/mol. The molecule has 0 saturated carbocycles. The van der Waals surface area contributed by atoms with Crippen LogP contribution in [0.2, 0.25) is 0 Å². The third-order valence-corrected chi connectivity index (χ3v) is 2.07. The molecule has 1 rings (SSSR count). The van der Waals surface area contributed by atoms with E-state index in [2.05, 4.69) is 15.5 Å². The average Bonchev–Trinajstić information content (AvgIpc) is 2.26. The van der Waals surface area contributed by atoms with Gasteiger partial charge in [0, 0.05) is 13.0 Å². The maximum atomic E-state index is 10.7. The van der Waals surface area contributed by atoms with Gasteiger partial charge in [0.15, 0.2) is 5.69 Å². The number of carbonyl (C=O) groups excluding carboxylic acids is 1. The van der Waals surface area contributed by atoms with E-state index in [0.29, 0.717) is 12.4 Å². The van der Waals surface area contributed by atoms with E-state index < -0.39 is 11.9 Å². The fraction of sp³-hybridized carbons (Fsp3) is 0.400. The lowest BCUT2D eigenvalue weighted by atomic mass is 10.1. The summed E-state index contributed by atoms with van der Waals surface area (Å²) in [5, 5.41) is 18.9. The van der Waals surface area contributed by atoms with Crippen LogP contribution in [-0.4, -0.2) is 33.7 Å². The molecule has 0 spiro atoms. The summed E-state index contributed by atoms with van der Waals surface area (Å²) in [6.45, 7) is 2.28. The molecule has 92 valence electrons. The highest BCUT2D eigenvalue weighted by Crippen LogP contribution is 2.06. The minimum absolute atomic E-state index is 0.0230. The van der Waals surface area contributed by atoms with Crippen molar-refractivity contribution in [3.63, 3.8) is 0 Å². The first-order valence-corrected chi connectivity index (χ1v) is 5.08. The molecule has 0 fully saturated rings. The number of nitrogens with zero attached hydrogens (tertiary/aromatic N) is 2. The molecule has 1 amide bonds. The number of aromatic nitrogens is 2. The quantitative estimate of drug-likeness (QED) is 0.646. The molecule has 1 heterocycles. The van der Waals surface area contributed by atoms with Crippen LogP contribution in [0.1, 0.15) is 23.8 Å². The second kappa shape index (κ2) is 5.78. The van der Waals surface area contributed by atoms with Crippen molar-refractivity contribution in [2.24, 2.45) is 11.7 Å². The third kappa shape index (κ3) is 4.45. The number of nitrogens with two attached hydrogens (primary N) is 1. The number of aliphatic carboxylic acids is 1. The van der Waals surface area contributed by atoms with Gasteiger partial charge < -0.3 is 16.2 Å². The van der Waals surface area contributed by atoms with Crippen molar-refractivity contribution in [2.45, 2.75) is 13.3 Å². The SMILES string of the molecule is CC(CNc1ccc(C(N)=O)nn1)CC(=O)O. The predicted molar refractivity (Wildman–Crippen MR) is 60.5 cm³/mol. The summed E-state index contributed by atoms with van der Waals surface area (Å²) in [6, 6.07) is 3.03. The lowest BCUT2D eigenvalue weighted by molar-refractivity contribution is -0.137. The van der Waals surface area contributed by atoms with E-state index in [9.17, 15) is 9.59 Å². The van der Waals surface area contributed by atoms with Gasteiger partial charge in [0.05, 0.1) is 0 Å². The van der Waals surface area contributed by atoms with Crippen molar-refractivity contribution in [1.29, 1.82) is 0 Å². The Morgan fingerprint density at radius 3 is 2.65 bits per heavy atom. The van der Waals surface area contributed by atoms with Gasteiger partial charge in [-0.1, -0.05) is 6.92 Å². The van der Waals surface area contributed by atoms with Crippen LogP contribution in [0.4, 0.5) is 5.82 Å². The fourth-order valence-corrected chi connectivity index (χ4v) is 1.21. The van der Waals surface area contributed by atoms with E-state index >= 15 is 0 Å². The van der Waals surface area contributed by atoms with E-state index in [0.717, 1.165) is 0 Å². The Morgan fingerprint density at radius 2 is 2.18 bits per heavy atom. The number of hydrogen-bond donors (Lipinski definition) is 3. The highest BCUT2D eigenvalue weighted by molar-refractivity contribution is 5.90. The molecule has 1 aromatic heterocycles. The summed E-state index contributed by atoms with van der Waals surface area (Å²) in [5.41, 5.74) is 5.11. The van der Waals surface area contributed by atoms with Crippen LogP contribution in [0.25, 0.3) is 0 Å². The van der Waals surface area contributed by atoms with Crippen molar-refractivity contribution < 1.29 is 14.7 Å². The monoisotopic (exact) mass is 238 g/mol. The summed E-state index contributed by atoms with van der Waals surface area (Å²) in [5.74, 6) is -1.02. The highest BCUT2D eigenvalue weighted by Gasteiger charge is 2.08. The lowest BCUT2D eigenvalue weighted by Crippen LogP contribution is -2.17. The average molecular weight is 238 g/mol. The van der Waals surface area contributed by atoms with Crippen molar-refractivity contribution in [3.8, 4) is 0 Å². The van der Waals surface area contributed by atoms with Gasteiger partial charge in [-0.05, 0) is 18.1 Å². The number of amides is 1. The van der Waals surface area contributed by atoms with Gasteiger partial charge in [-0.15, -0.1) is 10.2 Å². The van der Waals surface area contributed by atoms with Crippen LogP contribution < -0.4 is 11.1 Å². The molecule has 4 N–H and O–H groups in total. The minimum Gasteiger partial charge on any atom is -0.481 e. The number of nitrogens with one attached hydrogen (secondary N) is 1. The third-order valence-electron chi connectivity index (χ3n) is 2.07. The van der Waals surface area contributed by atoms with Crippen LogP contribution in [0.3, 0.4) is 0 Å². The van der Waals surface area contributed by atoms with Gasteiger partial charge >= 0.3 is 5.97 Å². The molecule has 0 radical (unpaired) electrons. The Labute approximate surface area is 98.0 Å². The number of carbonyl (C=O) groups is 2. The first-order chi connectivity index (χ1) is 7.99. The van der Waals surface area contributed by atoms with Gasteiger partial charge in [-0.3, -0.25) is 9.59 Å². The van der Waals surface area contributed by atoms with Crippen molar-refractivity contribution in [1.82, 2.24) is 10.2 Å². The Kier molecular flexibility index (Phi) is 4.38. The number of carboxylic acid groups (broad SMARTS) is 1. The molecule has 0 aliphatic carbocycles. The molecule has 0 aliphatic heterocycles. The number of primary amides is 1. The van der Waals surface area contributed by atoms with Gasteiger partial charge in [0.2, 0.25) is 0 Å². The molecule has 0 saturated heterocycles. The zero-order valence-electron chi connectivity index (χ0n) is 9.38. The predicted octanol–water partition coefficient (Wildman–Crippen LogP) is 0.0982. The first-order valence-electron chi connectivity index (χ1n) is 5.08. The molecule has 1 aromatic rings. The summed E-state index contributed by atoms with van der Waals surface area (Å²) in [6.07, 6.45) is 0.0831. The van der Waals surface area contributed by atoms with Crippen LogP contribution in [-0.2, 0) is 4.79 Å². The maximum Gasteiger partial charge on any atom is 0.303 e. The molecule has 1 atom stereocenters. The molecule has 0 aromatic carbocycles. The largest absolute Gasteiger partial charge is 0.481 e. The fourth-order valence-electron chi connectivity index (χ4n) is 1.21. The van der Waals surface area contributed by atoms with E-state index in [-0.39, 0.29) is 18.0 Å². The van der Waals surface area contributed by atoms with E-state index in [1.54, 1.807) is 6.07 Å². The van der Waals surface area contributed by atoms with E-state index in [1.165, 1.54) is 6.07 Å². The number of carboxylic acids is 1. The van der Waals surface area contributed by atoms with Crippen LogP contribution in [0, 0.1) is 5.92 Å². The topological polar surface area (TPSA) is 118 Å². The maximum absolute atomic E-state index is 10.7. The zero-order valence-corrected chi connectivity index (χ0v) is 9.38. The van der Waals surface area contributed by atoms with Crippen molar-refractivity contribution in [2.75, 3.05) is 11.9 Å². The second-order valence-corrected chi connectivity index (χ2v) is 3.75. The number of hydrogen-bond acceptors (Lipinski definition) is 5. The molecule has 0 bridgehead atoms. The second-order valence-electron chi connectivity index (χ2n) is 3.75.